The molecule has 0 aliphatic heterocycles. The lowest BCUT2D eigenvalue weighted by Gasteiger charge is -1.99. The Kier molecular flexibility index (Phi) is 3.41. The van der Waals surface area contributed by atoms with E-state index < -0.39 is 5.91 Å². The molecule has 0 fully saturated rings. The summed E-state index contributed by atoms with van der Waals surface area (Å²) < 4.78 is 0. The second kappa shape index (κ2) is 4.58. The Balaban J connectivity index is 2.44. The van der Waals surface area contributed by atoms with E-state index in [0.29, 0.717) is 24.7 Å². The quantitative estimate of drug-likeness (QED) is 0.427. The summed E-state index contributed by atoms with van der Waals surface area (Å²) in [7, 11) is 0. The van der Waals surface area contributed by atoms with Crippen LogP contribution in [0.3, 0.4) is 0 Å². The minimum Gasteiger partial charge on any atom is -0.364 e. The summed E-state index contributed by atoms with van der Waals surface area (Å²) in [4.78, 5) is 22.2. The summed E-state index contributed by atoms with van der Waals surface area (Å²) in [5, 5.41) is 0. The first-order chi connectivity index (χ1) is 6.24. The number of aromatic nitrogens is 2. The minimum atomic E-state index is -0.518. The molecular formula is C7H12N4O2. The smallest absolute Gasteiger partial charge is 0.266 e. The van der Waals surface area contributed by atoms with Gasteiger partial charge in [0.05, 0.1) is 19.3 Å². The van der Waals surface area contributed by atoms with Crippen LogP contribution in [0.4, 0.5) is 0 Å². The zero-order chi connectivity index (χ0) is 9.68. The summed E-state index contributed by atoms with van der Waals surface area (Å²) in [6, 6.07) is 0. The van der Waals surface area contributed by atoms with Crippen molar-refractivity contribution < 1.29 is 9.63 Å². The first-order valence-electron chi connectivity index (χ1n) is 3.92. The molecule has 1 aromatic heterocycles. The number of carbonyl (C=O) groups excluding carboxylic acids is 1. The number of nitrogens with zero attached hydrogens (tertiary/aromatic N) is 1. The molecule has 0 atom stereocenters. The number of hydrogen-bond donors (Lipinski definition) is 3. The van der Waals surface area contributed by atoms with Crippen molar-refractivity contribution in [2.45, 2.75) is 13.5 Å². The van der Waals surface area contributed by atoms with Crippen LogP contribution in [0.1, 0.15) is 23.2 Å². The first kappa shape index (κ1) is 9.69. The Morgan fingerprint density at radius 3 is 3.15 bits per heavy atom. The summed E-state index contributed by atoms with van der Waals surface area (Å²) in [6.45, 7) is 2.86. The van der Waals surface area contributed by atoms with Gasteiger partial charge in [-0.3, -0.25) is 4.79 Å². The normalized spacial score (nSPS) is 10.2. The number of H-pyrrole nitrogens is 1. The predicted molar refractivity (Wildman–Crippen MR) is 45.6 cm³/mol. The summed E-state index contributed by atoms with van der Waals surface area (Å²) in [6.07, 6.45) is 1.39. The maximum atomic E-state index is 10.6. The summed E-state index contributed by atoms with van der Waals surface area (Å²) >= 11 is 0. The molecule has 0 radical (unpaired) electrons. The van der Waals surface area contributed by atoms with E-state index in [-0.39, 0.29) is 0 Å². The van der Waals surface area contributed by atoms with Crippen molar-refractivity contribution in [1.82, 2.24) is 15.4 Å². The van der Waals surface area contributed by atoms with Crippen LogP contribution in [-0.4, -0.2) is 22.5 Å². The lowest BCUT2D eigenvalue weighted by atomic mass is 10.5. The Morgan fingerprint density at radius 1 is 1.85 bits per heavy atom. The van der Waals surface area contributed by atoms with Gasteiger partial charge in [-0.25, -0.2) is 4.98 Å². The van der Waals surface area contributed by atoms with Crippen LogP contribution < -0.4 is 11.2 Å². The molecule has 0 spiro atoms. The van der Waals surface area contributed by atoms with Crippen molar-refractivity contribution in [3.8, 4) is 0 Å². The van der Waals surface area contributed by atoms with E-state index >= 15 is 0 Å². The van der Waals surface area contributed by atoms with Gasteiger partial charge >= 0.3 is 0 Å². The lowest BCUT2D eigenvalue weighted by molar-refractivity contribution is 0.0449. The number of aromatic amines is 1. The Labute approximate surface area is 75.4 Å². The van der Waals surface area contributed by atoms with Gasteiger partial charge in [0.1, 0.15) is 11.5 Å². The maximum Gasteiger partial charge on any atom is 0.266 e. The number of amides is 1. The average molecular weight is 184 g/mol. The lowest BCUT2D eigenvalue weighted by Crippen LogP contribution is -2.15. The monoisotopic (exact) mass is 184 g/mol. The van der Waals surface area contributed by atoms with Crippen LogP contribution >= 0.6 is 0 Å². The Hall–Kier alpha value is -1.40. The molecule has 0 unspecified atom stereocenters. The molecule has 0 bridgehead atoms. The highest BCUT2D eigenvalue weighted by atomic mass is 16.6. The molecule has 1 amide bonds. The highest BCUT2D eigenvalue weighted by molar-refractivity contribution is 5.90. The van der Waals surface area contributed by atoms with E-state index in [0.717, 1.165) is 0 Å². The van der Waals surface area contributed by atoms with E-state index in [9.17, 15) is 4.79 Å². The van der Waals surface area contributed by atoms with Gasteiger partial charge in [-0.05, 0) is 6.92 Å². The number of hydroxylamine groups is 1. The van der Waals surface area contributed by atoms with Crippen molar-refractivity contribution in [2.24, 2.45) is 5.73 Å². The molecule has 0 aromatic carbocycles. The Bertz CT molecular complexity index is 284. The third-order valence-corrected chi connectivity index (χ3v) is 1.38. The van der Waals surface area contributed by atoms with Crippen molar-refractivity contribution in [3.63, 3.8) is 0 Å². The van der Waals surface area contributed by atoms with Gasteiger partial charge in [-0.1, -0.05) is 0 Å². The number of nitrogens with two attached hydrogens (primary N) is 1. The molecule has 0 saturated heterocycles. The third-order valence-electron chi connectivity index (χ3n) is 1.38. The Morgan fingerprint density at radius 2 is 2.62 bits per heavy atom. The van der Waals surface area contributed by atoms with E-state index in [1.165, 1.54) is 6.20 Å². The van der Waals surface area contributed by atoms with Gasteiger partial charge in [-0.2, -0.15) is 5.48 Å². The average Bonchev–Trinajstić information content (AvgIpc) is 2.53. The van der Waals surface area contributed by atoms with E-state index in [1.54, 1.807) is 0 Å². The maximum absolute atomic E-state index is 10.6. The number of carbonyl (C=O) groups is 1. The highest BCUT2D eigenvalue weighted by Gasteiger charge is 2.04. The largest absolute Gasteiger partial charge is 0.364 e. The van der Waals surface area contributed by atoms with Crippen LogP contribution in [0.5, 0.6) is 0 Å². The van der Waals surface area contributed by atoms with Crippen molar-refractivity contribution in [3.05, 3.63) is 17.7 Å². The molecule has 6 nitrogen and oxygen atoms in total. The number of rotatable bonds is 5. The SMILES string of the molecule is CCONCc1ncc(C(N)=O)[nH]1. The zero-order valence-corrected chi connectivity index (χ0v) is 7.33. The molecule has 0 aliphatic rings. The molecule has 72 valence electrons. The van der Waals surface area contributed by atoms with Gasteiger partial charge in [-0.15, -0.1) is 0 Å². The van der Waals surface area contributed by atoms with Gasteiger partial charge in [0, 0.05) is 0 Å². The van der Waals surface area contributed by atoms with E-state index in [1.807, 2.05) is 6.92 Å². The van der Waals surface area contributed by atoms with Crippen LogP contribution in [0, 0.1) is 0 Å². The third kappa shape index (κ3) is 2.85. The molecule has 0 aliphatic carbocycles. The van der Waals surface area contributed by atoms with Crippen LogP contribution in [-0.2, 0) is 11.4 Å². The molecule has 1 rings (SSSR count). The van der Waals surface area contributed by atoms with E-state index in [4.69, 9.17) is 10.6 Å². The summed E-state index contributed by atoms with van der Waals surface area (Å²) in [5.74, 6) is 0.0948. The fraction of sp³-hybridized carbons (Fsp3) is 0.429. The van der Waals surface area contributed by atoms with Crippen molar-refractivity contribution >= 4 is 5.91 Å². The van der Waals surface area contributed by atoms with Crippen molar-refractivity contribution in [1.29, 1.82) is 0 Å². The van der Waals surface area contributed by atoms with Gasteiger partial charge in [0.25, 0.3) is 5.91 Å². The summed E-state index contributed by atoms with van der Waals surface area (Å²) in [5.41, 5.74) is 7.98. The van der Waals surface area contributed by atoms with E-state index in [2.05, 4.69) is 15.4 Å². The van der Waals surface area contributed by atoms with Crippen LogP contribution in [0.25, 0.3) is 0 Å². The van der Waals surface area contributed by atoms with Crippen LogP contribution in [0.2, 0.25) is 0 Å². The number of primary amides is 1. The number of imidazole rings is 1. The molecule has 4 N–H and O–H groups in total. The van der Waals surface area contributed by atoms with Gasteiger partial charge in [0.15, 0.2) is 0 Å². The highest BCUT2D eigenvalue weighted by Crippen LogP contribution is 1.95. The van der Waals surface area contributed by atoms with Crippen molar-refractivity contribution in [2.75, 3.05) is 6.61 Å². The first-order valence-corrected chi connectivity index (χ1v) is 3.92. The minimum absolute atomic E-state index is 0.299. The van der Waals surface area contributed by atoms with Gasteiger partial charge in [0.2, 0.25) is 0 Å². The topological polar surface area (TPSA) is 93.0 Å². The molecule has 1 heterocycles. The molecule has 1 aromatic rings. The second-order valence-corrected chi connectivity index (χ2v) is 2.36. The second-order valence-electron chi connectivity index (χ2n) is 2.36. The molecule has 0 saturated carbocycles. The fourth-order valence-corrected chi connectivity index (χ4v) is 0.799. The molecular weight excluding hydrogens is 172 g/mol. The predicted octanol–water partition coefficient (Wildman–Crippen LogP) is -0.450. The zero-order valence-electron chi connectivity index (χ0n) is 7.33. The standard InChI is InChI=1S/C7H12N4O2/c1-2-13-10-4-6-9-3-5(11-6)7(8)12/h3,10H,2,4H2,1H3,(H2,8,12)(H,9,11). The number of nitrogens with one attached hydrogen (secondary N) is 2. The fourth-order valence-electron chi connectivity index (χ4n) is 0.799. The van der Waals surface area contributed by atoms with Crippen LogP contribution in [0.15, 0.2) is 6.20 Å². The number of hydrogen-bond acceptors (Lipinski definition) is 4. The molecule has 6 heteroatoms. The molecule has 13 heavy (non-hydrogen) atoms. The van der Waals surface area contributed by atoms with Gasteiger partial charge < -0.3 is 15.6 Å².